The van der Waals surface area contributed by atoms with Crippen LogP contribution in [0.25, 0.3) is 0 Å². The number of carbonyl (C=O) groups is 2. The lowest BCUT2D eigenvalue weighted by Crippen LogP contribution is -2.45. The van der Waals surface area contributed by atoms with Crippen molar-refractivity contribution < 1.29 is 14.7 Å². The molecule has 1 fully saturated rings. The van der Waals surface area contributed by atoms with Crippen molar-refractivity contribution in [2.45, 2.75) is 38.6 Å². The molecule has 1 heterocycles. The van der Waals surface area contributed by atoms with Gasteiger partial charge in [-0.25, -0.2) is 4.79 Å². The molecular weight excluding hydrogens is 294 g/mol. The van der Waals surface area contributed by atoms with E-state index in [2.05, 4.69) is 10.6 Å². The van der Waals surface area contributed by atoms with Crippen LogP contribution in [0.2, 0.25) is 0 Å². The highest BCUT2D eigenvalue weighted by molar-refractivity contribution is 5.84. The Morgan fingerprint density at radius 2 is 1.87 bits per heavy atom. The zero-order valence-electron chi connectivity index (χ0n) is 13.5. The van der Waals surface area contributed by atoms with Crippen LogP contribution in [0.5, 0.6) is 5.75 Å². The normalized spacial score (nSPS) is 15.3. The quantitative estimate of drug-likeness (QED) is 0.745. The van der Waals surface area contributed by atoms with E-state index in [0.717, 1.165) is 44.3 Å². The highest BCUT2D eigenvalue weighted by Crippen LogP contribution is 2.12. The summed E-state index contributed by atoms with van der Waals surface area (Å²) in [6.07, 6.45) is 3.70. The van der Waals surface area contributed by atoms with E-state index in [1.54, 1.807) is 17.0 Å². The first-order valence-corrected chi connectivity index (χ1v) is 8.14. The third kappa shape index (κ3) is 5.81. The number of amides is 3. The van der Waals surface area contributed by atoms with E-state index in [-0.39, 0.29) is 30.3 Å². The lowest BCUT2D eigenvalue weighted by atomic mass is 10.1. The topological polar surface area (TPSA) is 81.7 Å². The lowest BCUT2D eigenvalue weighted by molar-refractivity contribution is -0.129. The van der Waals surface area contributed by atoms with Crippen LogP contribution in [0.1, 0.15) is 31.7 Å². The van der Waals surface area contributed by atoms with Crippen molar-refractivity contribution in [2.24, 2.45) is 0 Å². The number of hydrogen-bond acceptors (Lipinski definition) is 3. The van der Waals surface area contributed by atoms with Gasteiger partial charge in [0.2, 0.25) is 5.91 Å². The number of urea groups is 1. The monoisotopic (exact) mass is 319 g/mol. The molecule has 126 valence electrons. The molecule has 3 N–H and O–H groups in total. The summed E-state index contributed by atoms with van der Waals surface area (Å²) >= 11 is 0. The molecule has 6 nitrogen and oxygen atoms in total. The Morgan fingerprint density at radius 1 is 1.22 bits per heavy atom. The fourth-order valence-corrected chi connectivity index (χ4v) is 2.63. The van der Waals surface area contributed by atoms with E-state index >= 15 is 0 Å². The molecule has 0 spiro atoms. The third-order valence-corrected chi connectivity index (χ3v) is 4.04. The van der Waals surface area contributed by atoms with Crippen molar-refractivity contribution in [1.82, 2.24) is 15.5 Å². The van der Waals surface area contributed by atoms with E-state index in [1.165, 1.54) is 0 Å². The van der Waals surface area contributed by atoms with E-state index < -0.39 is 0 Å². The van der Waals surface area contributed by atoms with Crippen LogP contribution in [0.3, 0.4) is 0 Å². The number of aryl methyl sites for hydroxylation is 1. The maximum absolute atomic E-state index is 11.8. The maximum atomic E-state index is 11.8. The zero-order valence-corrected chi connectivity index (χ0v) is 13.5. The summed E-state index contributed by atoms with van der Waals surface area (Å²) in [4.78, 5) is 25.4. The first kappa shape index (κ1) is 17.1. The van der Waals surface area contributed by atoms with Gasteiger partial charge in [0.1, 0.15) is 5.75 Å². The molecular formula is C17H25N3O3. The van der Waals surface area contributed by atoms with Crippen molar-refractivity contribution in [3.63, 3.8) is 0 Å². The number of hydrogen-bond donors (Lipinski definition) is 3. The van der Waals surface area contributed by atoms with Gasteiger partial charge < -0.3 is 20.6 Å². The van der Waals surface area contributed by atoms with Crippen LogP contribution in [0, 0.1) is 0 Å². The van der Waals surface area contributed by atoms with Crippen molar-refractivity contribution in [3.8, 4) is 5.75 Å². The summed E-state index contributed by atoms with van der Waals surface area (Å²) in [6, 6.07) is 6.75. The molecule has 0 bridgehead atoms. The first-order valence-electron chi connectivity index (χ1n) is 8.14. The van der Waals surface area contributed by atoms with Gasteiger partial charge in [-0.1, -0.05) is 12.1 Å². The number of aromatic hydroxyl groups is 1. The number of benzene rings is 1. The van der Waals surface area contributed by atoms with Gasteiger partial charge in [-0.2, -0.15) is 0 Å². The lowest BCUT2D eigenvalue weighted by Gasteiger charge is -2.17. The zero-order chi connectivity index (χ0) is 16.7. The van der Waals surface area contributed by atoms with Gasteiger partial charge in [0.25, 0.3) is 0 Å². The standard InChI is InChI=1S/C17H25N3O3/c1-13(4-5-14-6-8-15(21)9-7-14)19-17(23)18-12-16(22)20-10-2-3-11-20/h6-9,13,21H,2-5,10-12H2,1H3,(H2,18,19,23). The summed E-state index contributed by atoms with van der Waals surface area (Å²) in [5.74, 6) is 0.233. The van der Waals surface area contributed by atoms with E-state index in [4.69, 9.17) is 0 Å². The minimum Gasteiger partial charge on any atom is -0.508 e. The fourth-order valence-electron chi connectivity index (χ4n) is 2.63. The molecule has 6 heteroatoms. The summed E-state index contributed by atoms with van der Waals surface area (Å²) in [5.41, 5.74) is 1.11. The number of phenolic OH excluding ortho intramolecular Hbond substituents is 1. The summed E-state index contributed by atoms with van der Waals surface area (Å²) < 4.78 is 0. The Kier molecular flexibility index (Phi) is 6.26. The van der Waals surface area contributed by atoms with E-state index in [9.17, 15) is 14.7 Å². The first-order chi connectivity index (χ1) is 11.0. The molecule has 0 aromatic heterocycles. The smallest absolute Gasteiger partial charge is 0.315 e. The van der Waals surface area contributed by atoms with Gasteiger partial charge >= 0.3 is 6.03 Å². The molecule has 1 saturated heterocycles. The molecule has 0 aliphatic carbocycles. The fraction of sp³-hybridized carbons (Fsp3) is 0.529. The van der Waals surface area contributed by atoms with Gasteiger partial charge in [-0.05, 0) is 50.3 Å². The molecule has 1 aromatic carbocycles. The van der Waals surface area contributed by atoms with Crippen molar-refractivity contribution >= 4 is 11.9 Å². The average Bonchev–Trinajstić information content (AvgIpc) is 3.06. The number of rotatable bonds is 6. The maximum Gasteiger partial charge on any atom is 0.315 e. The highest BCUT2D eigenvalue weighted by atomic mass is 16.3. The molecule has 1 aliphatic heterocycles. The number of nitrogens with zero attached hydrogens (tertiary/aromatic N) is 1. The van der Waals surface area contributed by atoms with Crippen molar-refractivity contribution in [3.05, 3.63) is 29.8 Å². The number of nitrogens with one attached hydrogen (secondary N) is 2. The second-order valence-electron chi connectivity index (χ2n) is 6.02. The number of carbonyl (C=O) groups excluding carboxylic acids is 2. The van der Waals surface area contributed by atoms with Crippen LogP contribution in [-0.4, -0.2) is 47.6 Å². The van der Waals surface area contributed by atoms with Gasteiger partial charge in [-0.15, -0.1) is 0 Å². The molecule has 0 saturated carbocycles. The van der Waals surface area contributed by atoms with Gasteiger partial charge in [0.05, 0.1) is 6.54 Å². The molecule has 3 amide bonds. The molecule has 23 heavy (non-hydrogen) atoms. The highest BCUT2D eigenvalue weighted by Gasteiger charge is 2.18. The second-order valence-corrected chi connectivity index (χ2v) is 6.02. The minimum atomic E-state index is -0.309. The summed E-state index contributed by atoms with van der Waals surface area (Å²) in [6.45, 7) is 3.58. The van der Waals surface area contributed by atoms with Crippen LogP contribution in [0.15, 0.2) is 24.3 Å². The Hall–Kier alpha value is -2.24. The number of phenols is 1. The largest absolute Gasteiger partial charge is 0.508 e. The predicted molar refractivity (Wildman–Crippen MR) is 88.2 cm³/mol. The summed E-state index contributed by atoms with van der Waals surface area (Å²) in [5, 5.41) is 14.7. The van der Waals surface area contributed by atoms with Gasteiger partial charge in [0, 0.05) is 19.1 Å². The van der Waals surface area contributed by atoms with Gasteiger partial charge in [-0.3, -0.25) is 4.79 Å². The van der Waals surface area contributed by atoms with Gasteiger partial charge in [0.15, 0.2) is 0 Å². The summed E-state index contributed by atoms with van der Waals surface area (Å²) in [7, 11) is 0. The second kappa shape index (κ2) is 8.41. The van der Waals surface area contributed by atoms with Crippen LogP contribution < -0.4 is 10.6 Å². The third-order valence-electron chi connectivity index (χ3n) is 4.04. The molecule has 1 aliphatic rings. The van der Waals surface area contributed by atoms with E-state index in [0.29, 0.717) is 0 Å². The molecule has 1 unspecified atom stereocenters. The van der Waals surface area contributed by atoms with Crippen molar-refractivity contribution in [1.29, 1.82) is 0 Å². The Balaban J connectivity index is 1.63. The van der Waals surface area contributed by atoms with Crippen LogP contribution >= 0.6 is 0 Å². The molecule has 1 aromatic rings. The average molecular weight is 319 g/mol. The van der Waals surface area contributed by atoms with Crippen LogP contribution in [0.4, 0.5) is 4.79 Å². The Morgan fingerprint density at radius 3 is 2.52 bits per heavy atom. The Bertz CT molecular complexity index is 524. The van der Waals surface area contributed by atoms with Crippen LogP contribution in [-0.2, 0) is 11.2 Å². The molecule has 2 rings (SSSR count). The SMILES string of the molecule is CC(CCc1ccc(O)cc1)NC(=O)NCC(=O)N1CCCC1. The minimum absolute atomic E-state index is 0.00527. The Labute approximate surface area is 136 Å². The van der Waals surface area contributed by atoms with Crippen molar-refractivity contribution in [2.75, 3.05) is 19.6 Å². The van der Waals surface area contributed by atoms with E-state index in [1.807, 2.05) is 19.1 Å². The molecule has 0 radical (unpaired) electrons. The molecule has 1 atom stereocenters. The predicted octanol–water partition coefficient (Wildman–Crippen LogP) is 1.63. The number of likely N-dealkylation sites (tertiary alicyclic amines) is 1.